The van der Waals surface area contributed by atoms with E-state index in [2.05, 4.69) is 59.9 Å². The van der Waals surface area contributed by atoms with Gasteiger partial charge >= 0.3 is 0 Å². The predicted octanol–water partition coefficient (Wildman–Crippen LogP) is 2.64. The summed E-state index contributed by atoms with van der Waals surface area (Å²) in [6, 6.07) is 9.97. The van der Waals surface area contributed by atoms with Crippen LogP contribution in [0.15, 0.2) is 24.3 Å². The molecule has 0 bridgehead atoms. The smallest absolute Gasteiger partial charge is 0.0367 e. The van der Waals surface area contributed by atoms with Crippen LogP contribution < -0.4 is 4.90 Å². The predicted molar refractivity (Wildman–Crippen MR) is 90.2 cm³/mol. The molecule has 2 saturated heterocycles. The molecule has 21 heavy (non-hydrogen) atoms. The molecule has 0 amide bonds. The van der Waals surface area contributed by atoms with Crippen molar-refractivity contribution in [3.05, 3.63) is 29.8 Å². The van der Waals surface area contributed by atoms with Crippen molar-refractivity contribution in [2.24, 2.45) is 0 Å². The van der Waals surface area contributed by atoms with Crippen LogP contribution in [0.1, 0.15) is 31.7 Å². The highest BCUT2D eigenvalue weighted by Gasteiger charge is 2.28. The number of nitrogens with zero attached hydrogens (tertiary/aromatic N) is 3. The fourth-order valence-electron chi connectivity index (χ4n) is 3.63. The van der Waals surface area contributed by atoms with Crippen LogP contribution in [-0.4, -0.2) is 62.2 Å². The van der Waals surface area contributed by atoms with Gasteiger partial charge in [-0.15, -0.1) is 0 Å². The van der Waals surface area contributed by atoms with Crippen molar-refractivity contribution in [2.45, 2.75) is 32.2 Å². The van der Waals surface area contributed by atoms with Gasteiger partial charge in [-0.1, -0.05) is 26.0 Å². The van der Waals surface area contributed by atoms with E-state index in [1.165, 1.54) is 56.9 Å². The van der Waals surface area contributed by atoms with Crippen LogP contribution in [0.2, 0.25) is 0 Å². The highest BCUT2D eigenvalue weighted by Crippen LogP contribution is 2.22. The first kappa shape index (κ1) is 14.9. The highest BCUT2D eigenvalue weighted by molar-refractivity contribution is 5.48. The van der Waals surface area contributed by atoms with Gasteiger partial charge in [-0.25, -0.2) is 0 Å². The number of piperazine rings is 1. The Morgan fingerprint density at radius 2 is 1.62 bits per heavy atom. The standard InChI is InChI=1S/C18H29N3/c1-15(2)16-4-6-17(7-5-16)20-10-12-21(13-11-20)18-8-9-19(3)14-18/h4-7,15,18H,8-14H2,1-3H3. The third-order valence-corrected chi connectivity index (χ3v) is 5.12. The summed E-state index contributed by atoms with van der Waals surface area (Å²) in [5.74, 6) is 0.621. The Morgan fingerprint density at radius 1 is 0.952 bits per heavy atom. The topological polar surface area (TPSA) is 9.72 Å². The third-order valence-electron chi connectivity index (χ3n) is 5.12. The Hall–Kier alpha value is -1.06. The van der Waals surface area contributed by atoms with E-state index in [0.29, 0.717) is 5.92 Å². The van der Waals surface area contributed by atoms with Crippen molar-refractivity contribution in [1.82, 2.24) is 9.80 Å². The molecule has 1 aromatic rings. The maximum Gasteiger partial charge on any atom is 0.0367 e. The molecule has 0 radical (unpaired) electrons. The van der Waals surface area contributed by atoms with Crippen LogP contribution >= 0.6 is 0 Å². The van der Waals surface area contributed by atoms with Crippen molar-refractivity contribution < 1.29 is 0 Å². The normalized spacial score (nSPS) is 25.0. The van der Waals surface area contributed by atoms with Crippen molar-refractivity contribution in [3.63, 3.8) is 0 Å². The molecule has 2 heterocycles. The van der Waals surface area contributed by atoms with Gasteiger partial charge in [0, 0.05) is 44.5 Å². The number of rotatable bonds is 3. The summed E-state index contributed by atoms with van der Waals surface area (Å²) in [5.41, 5.74) is 2.83. The Morgan fingerprint density at radius 3 is 2.14 bits per heavy atom. The lowest BCUT2D eigenvalue weighted by molar-refractivity contribution is 0.187. The zero-order chi connectivity index (χ0) is 14.8. The van der Waals surface area contributed by atoms with Gasteiger partial charge < -0.3 is 9.80 Å². The number of anilines is 1. The second kappa shape index (κ2) is 6.37. The molecular formula is C18H29N3. The summed E-state index contributed by atoms with van der Waals surface area (Å²) in [6.07, 6.45) is 1.35. The molecule has 0 saturated carbocycles. The minimum absolute atomic E-state index is 0.621. The van der Waals surface area contributed by atoms with E-state index in [1.54, 1.807) is 0 Å². The molecule has 2 fully saturated rings. The third kappa shape index (κ3) is 3.41. The molecule has 0 aromatic heterocycles. The van der Waals surface area contributed by atoms with E-state index in [1.807, 2.05) is 0 Å². The van der Waals surface area contributed by atoms with Crippen LogP contribution in [0.3, 0.4) is 0 Å². The average Bonchev–Trinajstić information content (AvgIpc) is 2.94. The van der Waals surface area contributed by atoms with Gasteiger partial charge in [0.15, 0.2) is 0 Å². The molecule has 3 nitrogen and oxygen atoms in total. The molecule has 2 aliphatic rings. The van der Waals surface area contributed by atoms with Crippen molar-refractivity contribution in [3.8, 4) is 0 Å². The lowest BCUT2D eigenvalue weighted by Gasteiger charge is -2.39. The molecule has 1 aromatic carbocycles. The van der Waals surface area contributed by atoms with E-state index in [9.17, 15) is 0 Å². The number of benzene rings is 1. The second-order valence-electron chi connectivity index (χ2n) is 6.97. The minimum Gasteiger partial charge on any atom is -0.369 e. The first-order chi connectivity index (χ1) is 10.1. The second-order valence-corrected chi connectivity index (χ2v) is 6.97. The van der Waals surface area contributed by atoms with E-state index in [4.69, 9.17) is 0 Å². The Kier molecular flexibility index (Phi) is 4.51. The van der Waals surface area contributed by atoms with Crippen LogP contribution in [-0.2, 0) is 0 Å². The Bertz CT molecular complexity index is 446. The van der Waals surface area contributed by atoms with Gasteiger partial charge in [0.2, 0.25) is 0 Å². The van der Waals surface area contributed by atoms with Gasteiger partial charge in [0.05, 0.1) is 0 Å². The zero-order valence-corrected chi connectivity index (χ0v) is 13.8. The number of likely N-dealkylation sites (tertiary alicyclic amines) is 1. The van der Waals surface area contributed by atoms with Gasteiger partial charge in [-0.2, -0.15) is 0 Å². The molecule has 2 aliphatic heterocycles. The Balaban J connectivity index is 1.55. The van der Waals surface area contributed by atoms with Crippen LogP contribution in [0.25, 0.3) is 0 Å². The van der Waals surface area contributed by atoms with Gasteiger partial charge in [0.1, 0.15) is 0 Å². The van der Waals surface area contributed by atoms with Crippen molar-refractivity contribution in [2.75, 3.05) is 51.2 Å². The first-order valence-corrected chi connectivity index (χ1v) is 8.41. The number of hydrogen-bond acceptors (Lipinski definition) is 3. The average molecular weight is 287 g/mol. The van der Waals surface area contributed by atoms with E-state index in [-0.39, 0.29) is 0 Å². The SMILES string of the molecule is CC(C)c1ccc(N2CCN(C3CCN(C)C3)CC2)cc1. The summed E-state index contributed by atoms with van der Waals surface area (Å²) in [6.45, 7) is 11.8. The lowest BCUT2D eigenvalue weighted by atomic mass is 10.0. The molecule has 1 atom stereocenters. The molecule has 116 valence electrons. The molecule has 0 aliphatic carbocycles. The lowest BCUT2D eigenvalue weighted by Crippen LogP contribution is -2.51. The maximum atomic E-state index is 2.70. The van der Waals surface area contributed by atoms with Crippen molar-refractivity contribution >= 4 is 5.69 Å². The van der Waals surface area contributed by atoms with E-state index in [0.717, 1.165) is 6.04 Å². The summed E-state index contributed by atoms with van der Waals surface area (Å²) in [7, 11) is 2.24. The summed E-state index contributed by atoms with van der Waals surface area (Å²) in [5, 5.41) is 0. The van der Waals surface area contributed by atoms with Gasteiger partial charge in [-0.05, 0) is 43.6 Å². The Labute approximate surface area is 129 Å². The van der Waals surface area contributed by atoms with Crippen LogP contribution in [0.4, 0.5) is 5.69 Å². The van der Waals surface area contributed by atoms with E-state index >= 15 is 0 Å². The van der Waals surface area contributed by atoms with Crippen LogP contribution in [0, 0.1) is 0 Å². The molecule has 3 heteroatoms. The number of hydrogen-bond donors (Lipinski definition) is 0. The zero-order valence-electron chi connectivity index (χ0n) is 13.8. The summed E-state index contributed by atoms with van der Waals surface area (Å²) < 4.78 is 0. The van der Waals surface area contributed by atoms with E-state index < -0.39 is 0 Å². The molecule has 1 unspecified atom stereocenters. The van der Waals surface area contributed by atoms with Crippen LogP contribution in [0.5, 0.6) is 0 Å². The molecule has 0 spiro atoms. The number of likely N-dealkylation sites (N-methyl/N-ethyl adjacent to an activating group) is 1. The monoisotopic (exact) mass is 287 g/mol. The minimum atomic E-state index is 0.621. The van der Waals surface area contributed by atoms with Gasteiger partial charge in [-0.3, -0.25) is 4.90 Å². The molecule has 0 N–H and O–H groups in total. The van der Waals surface area contributed by atoms with Gasteiger partial charge in [0.25, 0.3) is 0 Å². The molecule has 3 rings (SSSR count). The summed E-state index contributed by atoms with van der Waals surface area (Å²) in [4.78, 5) is 7.70. The molecular weight excluding hydrogens is 258 g/mol. The largest absolute Gasteiger partial charge is 0.369 e. The fraction of sp³-hybridized carbons (Fsp3) is 0.667. The highest BCUT2D eigenvalue weighted by atomic mass is 15.3. The maximum absolute atomic E-state index is 2.70. The quantitative estimate of drug-likeness (QED) is 0.846. The van der Waals surface area contributed by atoms with Crippen molar-refractivity contribution in [1.29, 1.82) is 0 Å². The fourth-order valence-corrected chi connectivity index (χ4v) is 3.63. The summed E-state index contributed by atoms with van der Waals surface area (Å²) >= 11 is 0. The first-order valence-electron chi connectivity index (χ1n) is 8.41.